The summed E-state index contributed by atoms with van der Waals surface area (Å²) in [5.74, 6) is 0.0626. The molecule has 0 bridgehead atoms. The zero-order valence-corrected chi connectivity index (χ0v) is 11.9. The fourth-order valence-electron chi connectivity index (χ4n) is 2.45. The van der Waals surface area contributed by atoms with E-state index < -0.39 is 5.92 Å². The van der Waals surface area contributed by atoms with E-state index in [2.05, 4.69) is 20.5 Å². The summed E-state index contributed by atoms with van der Waals surface area (Å²) in [4.78, 5) is 29.8. The lowest BCUT2D eigenvalue weighted by Crippen LogP contribution is -2.28. The van der Waals surface area contributed by atoms with Crippen molar-refractivity contribution >= 4 is 23.5 Å². The Morgan fingerprint density at radius 2 is 2.27 bits per heavy atom. The van der Waals surface area contributed by atoms with Crippen molar-refractivity contribution in [3.63, 3.8) is 0 Å². The van der Waals surface area contributed by atoms with Crippen molar-refractivity contribution in [1.82, 2.24) is 15.2 Å². The molecule has 114 valence electrons. The molecule has 0 unspecified atom stereocenters. The smallest absolute Gasteiger partial charge is 0.232 e. The molecule has 1 aromatic carbocycles. The summed E-state index contributed by atoms with van der Waals surface area (Å²) in [6, 6.07) is 7.24. The van der Waals surface area contributed by atoms with Crippen molar-refractivity contribution in [2.75, 3.05) is 23.9 Å². The van der Waals surface area contributed by atoms with Crippen LogP contribution in [-0.4, -0.2) is 40.7 Å². The van der Waals surface area contributed by atoms with Gasteiger partial charge in [-0.1, -0.05) is 12.1 Å². The average molecular weight is 301 g/mol. The Balaban J connectivity index is 1.74. The molecule has 3 rings (SSSR count). The van der Waals surface area contributed by atoms with Crippen molar-refractivity contribution in [2.45, 2.75) is 6.42 Å². The number of methoxy groups -OCH3 is 1. The predicted octanol–water partition coefficient (Wildman–Crippen LogP) is 0.805. The van der Waals surface area contributed by atoms with Gasteiger partial charge in [-0.3, -0.25) is 14.9 Å². The molecule has 1 saturated heterocycles. The molecule has 22 heavy (non-hydrogen) atoms. The van der Waals surface area contributed by atoms with E-state index in [1.165, 1.54) is 6.33 Å². The maximum atomic E-state index is 12.2. The number of benzene rings is 1. The monoisotopic (exact) mass is 301 g/mol. The summed E-state index contributed by atoms with van der Waals surface area (Å²) in [5, 5.41) is 8.82. The highest BCUT2D eigenvalue weighted by Crippen LogP contribution is 2.32. The SMILES string of the molecule is COc1ccccc1N1C[C@@H](C(=O)Nc2ncn[nH]2)CC1=O. The highest BCUT2D eigenvalue weighted by molar-refractivity contribution is 6.03. The molecule has 0 spiro atoms. The van der Waals surface area contributed by atoms with Crippen LogP contribution in [0.5, 0.6) is 5.75 Å². The number of rotatable bonds is 4. The number of ether oxygens (including phenoxy) is 1. The van der Waals surface area contributed by atoms with Crippen molar-refractivity contribution in [2.24, 2.45) is 5.92 Å². The summed E-state index contributed by atoms with van der Waals surface area (Å²) < 4.78 is 5.27. The molecule has 2 aromatic rings. The van der Waals surface area contributed by atoms with E-state index in [0.717, 1.165) is 0 Å². The number of carbonyl (C=O) groups excluding carboxylic acids is 2. The lowest BCUT2D eigenvalue weighted by Gasteiger charge is -2.19. The van der Waals surface area contributed by atoms with E-state index >= 15 is 0 Å². The maximum Gasteiger partial charge on any atom is 0.232 e. The molecule has 8 heteroatoms. The molecule has 1 fully saturated rings. The zero-order chi connectivity index (χ0) is 15.5. The summed E-state index contributed by atoms with van der Waals surface area (Å²) in [5.41, 5.74) is 0.671. The second-order valence-electron chi connectivity index (χ2n) is 4.90. The zero-order valence-electron chi connectivity index (χ0n) is 11.9. The summed E-state index contributed by atoms with van der Waals surface area (Å²) in [6.45, 7) is 0.305. The van der Waals surface area contributed by atoms with E-state index in [1.807, 2.05) is 12.1 Å². The molecule has 1 atom stereocenters. The molecule has 2 amide bonds. The van der Waals surface area contributed by atoms with Crippen LogP contribution in [0.4, 0.5) is 11.6 Å². The van der Waals surface area contributed by atoms with Crippen molar-refractivity contribution in [3.05, 3.63) is 30.6 Å². The normalized spacial score (nSPS) is 17.6. The number of hydrogen-bond donors (Lipinski definition) is 2. The van der Waals surface area contributed by atoms with Gasteiger partial charge in [0.2, 0.25) is 17.8 Å². The second kappa shape index (κ2) is 5.84. The summed E-state index contributed by atoms with van der Waals surface area (Å²) >= 11 is 0. The minimum Gasteiger partial charge on any atom is -0.495 e. The van der Waals surface area contributed by atoms with Crippen LogP contribution < -0.4 is 15.0 Å². The third kappa shape index (κ3) is 2.62. The van der Waals surface area contributed by atoms with Gasteiger partial charge in [0, 0.05) is 13.0 Å². The molecule has 0 aliphatic carbocycles. The van der Waals surface area contributed by atoms with Crippen LogP contribution in [0.25, 0.3) is 0 Å². The fraction of sp³-hybridized carbons (Fsp3) is 0.286. The van der Waals surface area contributed by atoms with Gasteiger partial charge in [0.25, 0.3) is 0 Å². The molecule has 8 nitrogen and oxygen atoms in total. The van der Waals surface area contributed by atoms with Gasteiger partial charge in [-0.05, 0) is 12.1 Å². The first kappa shape index (κ1) is 14.1. The Kier molecular flexibility index (Phi) is 3.73. The Hall–Kier alpha value is -2.90. The predicted molar refractivity (Wildman–Crippen MR) is 78.5 cm³/mol. The number of H-pyrrole nitrogens is 1. The van der Waals surface area contributed by atoms with Gasteiger partial charge in [0.15, 0.2) is 0 Å². The van der Waals surface area contributed by atoms with Crippen molar-refractivity contribution < 1.29 is 14.3 Å². The third-order valence-corrected chi connectivity index (χ3v) is 3.53. The molecule has 1 aliphatic heterocycles. The number of aromatic amines is 1. The third-order valence-electron chi connectivity index (χ3n) is 3.53. The number of aromatic nitrogens is 3. The quantitative estimate of drug-likeness (QED) is 0.870. The number of carbonyl (C=O) groups is 2. The lowest BCUT2D eigenvalue weighted by atomic mass is 10.1. The van der Waals surface area contributed by atoms with E-state index in [9.17, 15) is 9.59 Å². The first-order chi connectivity index (χ1) is 10.7. The van der Waals surface area contributed by atoms with Crippen molar-refractivity contribution in [3.8, 4) is 5.75 Å². The highest BCUT2D eigenvalue weighted by Gasteiger charge is 2.36. The van der Waals surface area contributed by atoms with E-state index in [-0.39, 0.29) is 24.2 Å². The molecule has 0 radical (unpaired) electrons. The molecular formula is C14H15N5O3. The molecule has 2 N–H and O–H groups in total. The van der Waals surface area contributed by atoms with Crippen LogP contribution in [0.15, 0.2) is 30.6 Å². The molecule has 0 saturated carbocycles. The topological polar surface area (TPSA) is 100 Å². The van der Waals surface area contributed by atoms with Gasteiger partial charge >= 0.3 is 0 Å². The van der Waals surface area contributed by atoms with Gasteiger partial charge in [-0.15, -0.1) is 0 Å². The summed E-state index contributed by atoms with van der Waals surface area (Å²) in [6.07, 6.45) is 1.45. The van der Waals surface area contributed by atoms with Crippen LogP contribution in [0.3, 0.4) is 0 Å². The number of amides is 2. The first-order valence-electron chi connectivity index (χ1n) is 6.78. The molecular weight excluding hydrogens is 286 g/mol. The van der Waals surface area contributed by atoms with E-state index in [0.29, 0.717) is 18.0 Å². The molecule has 1 aliphatic rings. The van der Waals surface area contributed by atoms with Gasteiger partial charge in [0.05, 0.1) is 18.7 Å². The Bertz CT molecular complexity index is 686. The van der Waals surface area contributed by atoms with Gasteiger partial charge < -0.3 is 9.64 Å². The van der Waals surface area contributed by atoms with Crippen molar-refractivity contribution in [1.29, 1.82) is 0 Å². The Labute approximate surface area is 126 Å². The number of anilines is 2. The van der Waals surface area contributed by atoms with Crippen LogP contribution in [0, 0.1) is 5.92 Å². The van der Waals surface area contributed by atoms with Gasteiger partial charge in [-0.25, -0.2) is 5.10 Å². The first-order valence-corrected chi connectivity index (χ1v) is 6.78. The summed E-state index contributed by atoms with van der Waals surface area (Å²) in [7, 11) is 1.55. The van der Waals surface area contributed by atoms with E-state index in [4.69, 9.17) is 4.74 Å². The number of hydrogen-bond acceptors (Lipinski definition) is 5. The van der Waals surface area contributed by atoms with Gasteiger partial charge in [0.1, 0.15) is 12.1 Å². The Morgan fingerprint density at radius 3 is 3.00 bits per heavy atom. The largest absolute Gasteiger partial charge is 0.495 e. The van der Waals surface area contributed by atoms with Crippen LogP contribution in [0.2, 0.25) is 0 Å². The Morgan fingerprint density at radius 1 is 1.45 bits per heavy atom. The van der Waals surface area contributed by atoms with Crippen LogP contribution >= 0.6 is 0 Å². The molecule has 1 aromatic heterocycles. The average Bonchev–Trinajstić information content (AvgIpc) is 3.16. The second-order valence-corrected chi connectivity index (χ2v) is 4.90. The number of para-hydroxylation sites is 2. The van der Waals surface area contributed by atoms with Gasteiger partial charge in [-0.2, -0.15) is 10.1 Å². The fourth-order valence-corrected chi connectivity index (χ4v) is 2.45. The maximum absolute atomic E-state index is 12.2. The number of nitrogens with one attached hydrogen (secondary N) is 2. The highest BCUT2D eigenvalue weighted by atomic mass is 16.5. The number of nitrogens with zero attached hydrogens (tertiary/aromatic N) is 3. The minimum absolute atomic E-state index is 0.109. The standard InChI is InChI=1S/C14H15N5O3/c1-22-11-5-3-2-4-10(11)19-7-9(6-12(19)20)13(21)17-14-15-8-16-18-14/h2-5,8-9H,6-7H2,1H3,(H2,15,16,17,18,21)/t9-/m0/s1. The lowest BCUT2D eigenvalue weighted by molar-refractivity contribution is -0.122. The minimum atomic E-state index is -0.442. The van der Waals surface area contributed by atoms with Crippen LogP contribution in [0.1, 0.15) is 6.42 Å². The van der Waals surface area contributed by atoms with Crippen LogP contribution in [-0.2, 0) is 9.59 Å². The van der Waals surface area contributed by atoms with E-state index in [1.54, 1.807) is 24.1 Å². The molecule has 2 heterocycles.